The van der Waals surface area contributed by atoms with E-state index in [-0.39, 0.29) is 5.91 Å². The van der Waals surface area contributed by atoms with Gasteiger partial charge in [-0.3, -0.25) is 4.79 Å². The van der Waals surface area contributed by atoms with Gasteiger partial charge in [-0.2, -0.15) is 0 Å². The highest BCUT2D eigenvalue weighted by Gasteiger charge is 2.25. The van der Waals surface area contributed by atoms with Crippen LogP contribution in [0.1, 0.15) is 36.9 Å². The van der Waals surface area contributed by atoms with Gasteiger partial charge in [0.15, 0.2) is 6.10 Å². The highest BCUT2D eigenvalue weighted by Crippen LogP contribution is 2.27. The number of fused-ring (bicyclic) bond motifs is 1. The number of aromatic nitrogens is 2. The molecule has 2 aliphatic heterocycles. The van der Waals surface area contributed by atoms with Crippen LogP contribution in [0, 0.1) is 0 Å². The van der Waals surface area contributed by atoms with Crippen LogP contribution in [-0.4, -0.2) is 35.1 Å². The summed E-state index contributed by atoms with van der Waals surface area (Å²) in [4.78, 5) is 23.7. The number of piperidine rings is 1. The highest BCUT2D eigenvalue weighted by molar-refractivity contribution is 5.81. The Kier molecular flexibility index (Phi) is 5.00. The minimum absolute atomic E-state index is 0.0855. The number of anilines is 1. The van der Waals surface area contributed by atoms with E-state index in [2.05, 4.69) is 20.2 Å². The van der Waals surface area contributed by atoms with E-state index in [4.69, 9.17) is 4.74 Å². The van der Waals surface area contributed by atoms with Crippen molar-refractivity contribution in [2.75, 3.05) is 18.0 Å². The molecule has 2 aliphatic rings. The van der Waals surface area contributed by atoms with Crippen molar-refractivity contribution in [1.29, 1.82) is 0 Å². The van der Waals surface area contributed by atoms with E-state index in [1.807, 2.05) is 30.3 Å². The second-order valence-corrected chi connectivity index (χ2v) is 6.87. The fraction of sp³-hybridized carbons (Fsp3) is 0.450. The van der Waals surface area contributed by atoms with Crippen molar-refractivity contribution in [1.82, 2.24) is 15.3 Å². The molecule has 1 amide bonds. The maximum Gasteiger partial charge on any atom is 0.261 e. The molecule has 4 rings (SSSR count). The lowest BCUT2D eigenvalue weighted by atomic mass is 10.0. The number of ether oxygens (including phenoxy) is 1. The lowest BCUT2D eigenvalue weighted by Crippen LogP contribution is -2.40. The summed E-state index contributed by atoms with van der Waals surface area (Å²) in [5.41, 5.74) is 1.99. The van der Waals surface area contributed by atoms with E-state index in [0.717, 1.165) is 36.9 Å². The molecular formula is C20H24N4O2. The topological polar surface area (TPSA) is 67.4 Å². The normalized spacial score (nSPS) is 19.4. The first kappa shape index (κ1) is 16.8. The Hall–Kier alpha value is -2.63. The van der Waals surface area contributed by atoms with Crippen molar-refractivity contribution >= 4 is 11.9 Å². The molecule has 0 radical (unpaired) electrons. The van der Waals surface area contributed by atoms with Gasteiger partial charge in [0.25, 0.3) is 5.91 Å². The van der Waals surface area contributed by atoms with Gasteiger partial charge in [0.1, 0.15) is 5.75 Å². The number of rotatable bonds is 4. The number of nitrogens with zero attached hydrogens (tertiary/aromatic N) is 3. The van der Waals surface area contributed by atoms with E-state index in [1.165, 1.54) is 24.8 Å². The molecule has 0 bridgehead atoms. The molecule has 6 heteroatoms. The maximum atomic E-state index is 12.5. The number of hydrogen-bond donors (Lipinski definition) is 1. The summed E-state index contributed by atoms with van der Waals surface area (Å²) >= 11 is 0. The number of nitrogens with one attached hydrogen (secondary N) is 1. The predicted molar refractivity (Wildman–Crippen MR) is 99.1 cm³/mol. The quantitative estimate of drug-likeness (QED) is 0.916. The lowest BCUT2D eigenvalue weighted by Gasteiger charge is -2.27. The fourth-order valence-electron chi connectivity index (χ4n) is 3.53. The summed E-state index contributed by atoms with van der Waals surface area (Å²) < 4.78 is 5.85. The molecule has 0 spiro atoms. The molecule has 1 fully saturated rings. The number of amides is 1. The van der Waals surface area contributed by atoms with Crippen LogP contribution in [0.5, 0.6) is 5.75 Å². The first-order valence-electron chi connectivity index (χ1n) is 9.39. The number of hydrogen-bond acceptors (Lipinski definition) is 5. The molecule has 26 heavy (non-hydrogen) atoms. The molecule has 0 saturated carbocycles. The van der Waals surface area contributed by atoms with Gasteiger partial charge in [-0.1, -0.05) is 18.2 Å². The standard InChI is InChI=1S/C20H24N4O2/c25-19(18-9-8-15-6-2-3-7-17(15)26-18)22-14-16-10-11-21-20(23-16)24-12-4-1-5-13-24/h2-3,6-7,10-11,18H,1,4-5,8-9,12-14H2,(H,22,25). The van der Waals surface area contributed by atoms with Crippen LogP contribution in [0.25, 0.3) is 0 Å². The minimum atomic E-state index is -0.437. The Bertz CT molecular complexity index is 774. The van der Waals surface area contributed by atoms with Gasteiger partial charge in [0.2, 0.25) is 5.95 Å². The van der Waals surface area contributed by atoms with Crippen molar-refractivity contribution < 1.29 is 9.53 Å². The third kappa shape index (κ3) is 3.79. The Morgan fingerprint density at radius 2 is 2.04 bits per heavy atom. The van der Waals surface area contributed by atoms with Crippen molar-refractivity contribution in [3.8, 4) is 5.75 Å². The molecular weight excluding hydrogens is 328 g/mol. The van der Waals surface area contributed by atoms with Gasteiger partial charge in [-0.25, -0.2) is 9.97 Å². The fourth-order valence-corrected chi connectivity index (χ4v) is 3.53. The van der Waals surface area contributed by atoms with E-state index in [9.17, 15) is 4.79 Å². The summed E-state index contributed by atoms with van der Waals surface area (Å²) in [7, 11) is 0. The lowest BCUT2D eigenvalue weighted by molar-refractivity contribution is -0.128. The molecule has 1 aromatic heterocycles. The predicted octanol–water partition coefficient (Wildman–Crippen LogP) is 2.48. The molecule has 2 aromatic rings. The van der Waals surface area contributed by atoms with Crippen LogP contribution in [0.4, 0.5) is 5.95 Å². The van der Waals surface area contributed by atoms with Gasteiger partial charge in [-0.05, 0) is 49.8 Å². The number of benzene rings is 1. The number of carbonyl (C=O) groups is 1. The van der Waals surface area contributed by atoms with Crippen LogP contribution >= 0.6 is 0 Å². The maximum absolute atomic E-state index is 12.5. The number of para-hydroxylation sites is 1. The molecule has 1 aromatic carbocycles. The second kappa shape index (κ2) is 7.72. The van der Waals surface area contributed by atoms with Crippen molar-refractivity contribution in [3.05, 3.63) is 47.8 Å². The van der Waals surface area contributed by atoms with Gasteiger partial charge >= 0.3 is 0 Å². The molecule has 0 aliphatic carbocycles. The third-order valence-corrected chi connectivity index (χ3v) is 4.99. The van der Waals surface area contributed by atoms with E-state index >= 15 is 0 Å². The number of carbonyl (C=O) groups excluding carboxylic acids is 1. The molecule has 1 N–H and O–H groups in total. The minimum Gasteiger partial charge on any atom is -0.480 e. The van der Waals surface area contributed by atoms with Crippen LogP contribution in [0.3, 0.4) is 0 Å². The molecule has 1 unspecified atom stereocenters. The zero-order valence-electron chi connectivity index (χ0n) is 14.9. The summed E-state index contributed by atoms with van der Waals surface area (Å²) in [6, 6.07) is 9.75. The first-order chi connectivity index (χ1) is 12.8. The largest absolute Gasteiger partial charge is 0.480 e. The summed E-state index contributed by atoms with van der Waals surface area (Å²) in [5.74, 6) is 1.49. The van der Waals surface area contributed by atoms with Crippen LogP contribution in [0.15, 0.2) is 36.5 Å². The molecule has 1 saturated heterocycles. The number of aryl methyl sites for hydroxylation is 1. The third-order valence-electron chi connectivity index (χ3n) is 4.99. The molecule has 3 heterocycles. The average Bonchev–Trinajstić information content (AvgIpc) is 2.72. The molecule has 1 atom stereocenters. The van der Waals surface area contributed by atoms with E-state index < -0.39 is 6.10 Å². The molecule has 6 nitrogen and oxygen atoms in total. The van der Waals surface area contributed by atoms with Gasteiger partial charge < -0.3 is 15.0 Å². The Labute approximate surface area is 153 Å². The van der Waals surface area contributed by atoms with Gasteiger partial charge in [-0.15, -0.1) is 0 Å². The zero-order valence-corrected chi connectivity index (χ0v) is 14.9. The van der Waals surface area contributed by atoms with Crippen molar-refractivity contribution in [2.24, 2.45) is 0 Å². The average molecular weight is 352 g/mol. The highest BCUT2D eigenvalue weighted by atomic mass is 16.5. The van der Waals surface area contributed by atoms with Crippen LogP contribution in [-0.2, 0) is 17.8 Å². The Balaban J connectivity index is 1.35. The van der Waals surface area contributed by atoms with Gasteiger partial charge in [0.05, 0.1) is 12.2 Å². The Morgan fingerprint density at radius 1 is 1.19 bits per heavy atom. The van der Waals surface area contributed by atoms with Crippen LogP contribution in [0.2, 0.25) is 0 Å². The van der Waals surface area contributed by atoms with E-state index in [1.54, 1.807) is 6.20 Å². The van der Waals surface area contributed by atoms with Gasteiger partial charge in [0, 0.05) is 19.3 Å². The summed E-state index contributed by atoms with van der Waals surface area (Å²) in [6.07, 6.45) is 6.54. The molecule has 136 valence electrons. The summed E-state index contributed by atoms with van der Waals surface area (Å²) in [6.45, 7) is 2.40. The first-order valence-corrected chi connectivity index (χ1v) is 9.39. The van der Waals surface area contributed by atoms with Crippen molar-refractivity contribution in [2.45, 2.75) is 44.8 Å². The second-order valence-electron chi connectivity index (χ2n) is 6.87. The zero-order chi connectivity index (χ0) is 17.8. The summed E-state index contributed by atoms with van der Waals surface area (Å²) in [5, 5.41) is 2.96. The van der Waals surface area contributed by atoms with E-state index in [0.29, 0.717) is 13.0 Å². The van der Waals surface area contributed by atoms with Crippen molar-refractivity contribution in [3.63, 3.8) is 0 Å². The van der Waals surface area contributed by atoms with Crippen LogP contribution < -0.4 is 15.0 Å². The monoisotopic (exact) mass is 352 g/mol. The SMILES string of the molecule is O=C(NCc1ccnc(N2CCCCC2)n1)C1CCc2ccccc2O1. The Morgan fingerprint density at radius 3 is 2.92 bits per heavy atom. The smallest absolute Gasteiger partial charge is 0.261 e.